The molecule has 5 nitrogen and oxygen atoms in total. The standard InChI is InChI=1S/C20H30N2O3/c1-19(2,3)25-18(23)21-11-9-20(10-12-21)16-24-14-13-22(20)15-17-7-5-4-6-8-17/h4-8H,9-16H2,1-3H3. The van der Waals surface area contributed by atoms with E-state index in [1.165, 1.54) is 5.56 Å². The quantitative estimate of drug-likeness (QED) is 0.824. The molecule has 0 radical (unpaired) electrons. The first-order valence-corrected chi connectivity index (χ1v) is 9.23. The highest BCUT2D eigenvalue weighted by atomic mass is 16.6. The van der Waals surface area contributed by atoms with Crippen molar-refractivity contribution in [3.8, 4) is 0 Å². The number of carbonyl (C=O) groups excluding carboxylic acids is 1. The van der Waals surface area contributed by atoms with Crippen molar-refractivity contribution in [2.75, 3.05) is 32.8 Å². The maximum Gasteiger partial charge on any atom is 0.410 e. The number of nitrogens with zero attached hydrogens (tertiary/aromatic N) is 2. The van der Waals surface area contributed by atoms with Crippen LogP contribution >= 0.6 is 0 Å². The minimum Gasteiger partial charge on any atom is -0.444 e. The molecule has 0 aliphatic carbocycles. The van der Waals surface area contributed by atoms with Gasteiger partial charge in [0.2, 0.25) is 0 Å². The molecule has 0 atom stereocenters. The summed E-state index contributed by atoms with van der Waals surface area (Å²) < 4.78 is 11.3. The third kappa shape index (κ3) is 4.53. The number of rotatable bonds is 2. The molecule has 0 aromatic heterocycles. The first kappa shape index (κ1) is 18.2. The van der Waals surface area contributed by atoms with Crippen LogP contribution in [-0.2, 0) is 16.0 Å². The van der Waals surface area contributed by atoms with Gasteiger partial charge < -0.3 is 14.4 Å². The van der Waals surface area contributed by atoms with Crippen LogP contribution in [0, 0.1) is 0 Å². The van der Waals surface area contributed by atoms with E-state index in [1.54, 1.807) is 0 Å². The van der Waals surface area contributed by atoms with Gasteiger partial charge in [-0.2, -0.15) is 0 Å². The van der Waals surface area contributed by atoms with Gasteiger partial charge in [-0.1, -0.05) is 30.3 Å². The zero-order valence-electron chi connectivity index (χ0n) is 15.7. The fraction of sp³-hybridized carbons (Fsp3) is 0.650. The Labute approximate surface area is 150 Å². The molecule has 1 amide bonds. The molecule has 1 spiro atoms. The fourth-order valence-corrected chi connectivity index (χ4v) is 3.71. The highest BCUT2D eigenvalue weighted by Crippen LogP contribution is 2.33. The van der Waals surface area contributed by atoms with Crippen LogP contribution < -0.4 is 0 Å². The van der Waals surface area contributed by atoms with E-state index < -0.39 is 5.60 Å². The lowest BCUT2D eigenvalue weighted by Crippen LogP contribution is -2.61. The lowest BCUT2D eigenvalue weighted by molar-refractivity contribution is -0.0988. The molecule has 5 heteroatoms. The van der Waals surface area contributed by atoms with Crippen molar-refractivity contribution in [1.29, 1.82) is 0 Å². The highest BCUT2D eigenvalue weighted by Gasteiger charge is 2.43. The zero-order valence-corrected chi connectivity index (χ0v) is 15.7. The summed E-state index contributed by atoms with van der Waals surface area (Å²) in [7, 11) is 0. The van der Waals surface area contributed by atoms with Gasteiger partial charge in [0.05, 0.1) is 13.2 Å². The van der Waals surface area contributed by atoms with Crippen LogP contribution in [0.2, 0.25) is 0 Å². The number of likely N-dealkylation sites (tertiary alicyclic amines) is 1. The maximum atomic E-state index is 12.3. The van der Waals surface area contributed by atoms with E-state index in [-0.39, 0.29) is 11.6 Å². The lowest BCUT2D eigenvalue weighted by atomic mass is 9.85. The molecule has 2 aliphatic rings. The zero-order chi connectivity index (χ0) is 17.9. The summed E-state index contributed by atoms with van der Waals surface area (Å²) in [5, 5.41) is 0. The number of ether oxygens (including phenoxy) is 2. The molecular formula is C20H30N2O3. The van der Waals surface area contributed by atoms with Gasteiger partial charge in [-0.25, -0.2) is 4.79 Å². The van der Waals surface area contributed by atoms with Crippen molar-refractivity contribution in [3.63, 3.8) is 0 Å². The first-order chi connectivity index (χ1) is 11.9. The Morgan fingerprint density at radius 2 is 1.84 bits per heavy atom. The van der Waals surface area contributed by atoms with Gasteiger partial charge in [-0.15, -0.1) is 0 Å². The van der Waals surface area contributed by atoms with Gasteiger partial charge in [-0.05, 0) is 39.2 Å². The van der Waals surface area contributed by atoms with Crippen LogP contribution in [0.15, 0.2) is 30.3 Å². The van der Waals surface area contributed by atoms with Crippen molar-refractivity contribution in [2.45, 2.75) is 51.3 Å². The molecule has 25 heavy (non-hydrogen) atoms. The number of hydrogen-bond acceptors (Lipinski definition) is 4. The first-order valence-electron chi connectivity index (χ1n) is 9.23. The van der Waals surface area contributed by atoms with Crippen molar-refractivity contribution >= 4 is 6.09 Å². The normalized spacial score (nSPS) is 21.3. The van der Waals surface area contributed by atoms with Crippen LogP contribution in [-0.4, -0.2) is 59.9 Å². The Kier molecular flexibility index (Phi) is 5.35. The SMILES string of the molecule is CC(C)(C)OC(=O)N1CCC2(CC1)COCCN2Cc1ccccc1. The van der Waals surface area contributed by atoms with E-state index >= 15 is 0 Å². The van der Waals surface area contributed by atoms with Crippen LogP contribution in [0.25, 0.3) is 0 Å². The Morgan fingerprint density at radius 3 is 2.48 bits per heavy atom. The molecule has 1 aromatic rings. The second-order valence-corrected chi connectivity index (χ2v) is 8.15. The van der Waals surface area contributed by atoms with Gasteiger partial charge in [0, 0.05) is 31.7 Å². The van der Waals surface area contributed by atoms with E-state index in [9.17, 15) is 4.79 Å². The third-order valence-electron chi connectivity index (χ3n) is 5.11. The number of carbonyl (C=O) groups is 1. The summed E-state index contributed by atoms with van der Waals surface area (Å²) in [5.74, 6) is 0. The molecule has 0 bridgehead atoms. The second kappa shape index (κ2) is 7.34. The molecule has 3 rings (SSSR count). The molecule has 0 saturated carbocycles. The second-order valence-electron chi connectivity index (χ2n) is 8.15. The number of amides is 1. The van der Waals surface area contributed by atoms with Crippen LogP contribution in [0.4, 0.5) is 4.79 Å². The lowest BCUT2D eigenvalue weighted by Gasteiger charge is -2.51. The monoisotopic (exact) mass is 346 g/mol. The molecule has 2 heterocycles. The van der Waals surface area contributed by atoms with Gasteiger partial charge in [-0.3, -0.25) is 4.90 Å². The van der Waals surface area contributed by atoms with Crippen molar-refractivity contribution in [3.05, 3.63) is 35.9 Å². The van der Waals surface area contributed by atoms with E-state index in [0.29, 0.717) is 0 Å². The van der Waals surface area contributed by atoms with E-state index in [2.05, 4.69) is 35.2 Å². The summed E-state index contributed by atoms with van der Waals surface area (Å²) in [6.07, 6.45) is 1.66. The molecule has 0 N–H and O–H groups in total. The van der Waals surface area contributed by atoms with Gasteiger partial charge >= 0.3 is 6.09 Å². The summed E-state index contributed by atoms with van der Waals surface area (Å²) in [6.45, 7) is 10.6. The molecule has 0 unspecified atom stereocenters. The predicted molar refractivity (Wildman–Crippen MR) is 97.4 cm³/mol. The average Bonchev–Trinajstić information content (AvgIpc) is 2.57. The summed E-state index contributed by atoms with van der Waals surface area (Å²) in [6, 6.07) is 10.6. The smallest absolute Gasteiger partial charge is 0.410 e. The minimum atomic E-state index is -0.445. The number of morpholine rings is 1. The Balaban J connectivity index is 1.64. The molecule has 138 valence electrons. The van der Waals surface area contributed by atoms with E-state index in [4.69, 9.17) is 9.47 Å². The fourth-order valence-electron chi connectivity index (χ4n) is 3.71. The highest BCUT2D eigenvalue weighted by molar-refractivity contribution is 5.68. The van der Waals surface area contributed by atoms with Crippen molar-refractivity contribution < 1.29 is 14.3 Å². The van der Waals surface area contributed by atoms with Crippen LogP contribution in [0.1, 0.15) is 39.2 Å². The number of benzene rings is 1. The summed E-state index contributed by atoms with van der Waals surface area (Å²) >= 11 is 0. The van der Waals surface area contributed by atoms with E-state index in [0.717, 1.165) is 52.2 Å². The minimum absolute atomic E-state index is 0.0343. The third-order valence-corrected chi connectivity index (χ3v) is 5.11. The van der Waals surface area contributed by atoms with E-state index in [1.807, 2.05) is 25.7 Å². The summed E-state index contributed by atoms with van der Waals surface area (Å²) in [5.41, 5.74) is 0.921. The number of piperidine rings is 1. The Hall–Kier alpha value is -1.59. The molecule has 1 aromatic carbocycles. The van der Waals surface area contributed by atoms with Gasteiger partial charge in [0.1, 0.15) is 5.60 Å². The Morgan fingerprint density at radius 1 is 1.16 bits per heavy atom. The van der Waals surface area contributed by atoms with Crippen LogP contribution in [0.5, 0.6) is 0 Å². The van der Waals surface area contributed by atoms with Gasteiger partial charge in [0.15, 0.2) is 0 Å². The Bertz CT molecular complexity index is 574. The maximum absolute atomic E-state index is 12.3. The molecule has 2 saturated heterocycles. The topological polar surface area (TPSA) is 42.0 Å². The molecular weight excluding hydrogens is 316 g/mol. The molecule has 2 aliphatic heterocycles. The van der Waals surface area contributed by atoms with Crippen molar-refractivity contribution in [1.82, 2.24) is 9.80 Å². The summed E-state index contributed by atoms with van der Waals surface area (Å²) in [4.78, 5) is 16.7. The van der Waals surface area contributed by atoms with Gasteiger partial charge in [0.25, 0.3) is 0 Å². The largest absolute Gasteiger partial charge is 0.444 e. The average molecular weight is 346 g/mol. The van der Waals surface area contributed by atoms with Crippen LogP contribution in [0.3, 0.4) is 0 Å². The predicted octanol–water partition coefficient (Wildman–Crippen LogP) is 3.29. The molecule has 2 fully saturated rings. The van der Waals surface area contributed by atoms with Crippen molar-refractivity contribution in [2.24, 2.45) is 0 Å². The number of hydrogen-bond donors (Lipinski definition) is 0.